The normalized spacial score (nSPS) is 19.3. The van der Waals surface area contributed by atoms with E-state index in [2.05, 4.69) is 48.5 Å². The van der Waals surface area contributed by atoms with Gasteiger partial charge in [0.25, 0.3) is 0 Å². The summed E-state index contributed by atoms with van der Waals surface area (Å²) in [5.74, 6) is 0. The summed E-state index contributed by atoms with van der Waals surface area (Å²) in [6, 6.07) is 17.9. The molecule has 0 aliphatic carbocycles. The monoisotopic (exact) mass is 222 g/mol. The van der Waals surface area contributed by atoms with E-state index in [1.807, 2.05) is 0 Å². The average molecular weight is 222 g/mol. The Bertz CT molecular complexity index is 479. The Kier molecular flexibility index (Phi) is 1.78. The molecule has 1 nitrogen and oxygen atoms in total. The van der Waals surface area contributed by atoms with Gasteiger partial charge in [0.05, 0.1) is 0 Å². The lowest BCUT2D eigenvalue weighted by Crippen LogP contribution is -2.36. The van der Waals surface area contributed by atoms with E-state index in [9.17, 15) is 0 Å². The highest BCUT2D eigenvalue weighted by Gasteiger charge is 2.40. The predicted octanol–water partition coefficient (Wildman–Crippen LogP) is 3.23. The van der Waals surface area contributed by atoms with E-state index in [4.69, 9.17) is 0 Å². The van der Waals surface area contributed by atoms with Gasteiger partial charge in [0.1, 0.15) is 26.2 Å². The third kappa shape index (κ3) is 1.36. The summed E-state index contributed by atoms with van der Waals surface area (Å²) in [7, 11) is 0. The molecule has 0 atom stereocenters. The molecular weight excluding hydrogens is 206 g/mol. The molecule has 0 N–H and O–H groups in total. The van der Waals surface area contributed by atoms with Gasteiger partial charge in [0, 0.05) is 22.3 Å². The second-order valence-electron chi connectivity index (χ2n) is 5.51. The molecule has 1 heteroatoms. The van der Waals surface area contributed by atoms with Crippen LogP contribution in [-0.4, -0.2) is 4.48 Å². The predicted molar refractivity (Wildman–Crippen MR) is 68.0 cm³/mol. The largest absolute Gasteiger partial charge is 0.309 e. The van der Waals surface area contributed by atoms with Gasteiger partial charge in [0.15, 0.2) is 0 Å². The Balaban J connectivity index is 1.72. The van der Waals surface area contributed by atoms with Crippen molar-refractivity contribution in [3.8, 4) is 0 Å². The molecule has 0 saturated heterocycles. The first-order valence-corrected chi connectivity index (χ1v) is 6.33. The number of benzene rings is 2. The second-order valence-corrected chi connectivity index (χ2v) is 5.51. The molecule has 84 valence electrons. The van der Waals surface area contributed by atoms with Crippen molar-refractivity contribution in [3.63, 3.8) is 0 Å². The van der Waals surface area contributed by atoms with Crippen LogP contribution < -0.4 is 0 Å². The molecule has 1 spiro atoms. The van der Waals surface area contributed by atoms with Crippen molar-refractivity contribution in [2.75, 3.05) is 0 Å². The molecule has 0 bridgehead atoms. The maximum atomic E-state index is 2.30. The molecule has 2 aromatic carbocycles. The summed E-state index contributed by atoms with van der Waals surface area (Å²) in [5, 5.41) is 0. The SMILES string of the molecule is c1ccc2c(c1)C[N+]1(C2)Cc2ccccc2C1. The molecule has 0 fully saturated rings. The average Bonchev–Trinajstić information content (AvgIpc) is 2.87. The van der Waals surface area contributed by atoms with E-state index in [1.54, 1.807) is 22.3 Å². The molecule has 0 aromatic heterocycles. The van der Waals surface area contributed by atoms with Crippen LogP contribution in [0.1, 0.15) is 22.3 Å². The van der Waals surface area contributed by atoms with Crippen molar-refractivity contribution in [2.45, 2.75) is 26.2 Å². The van der Waals surface area contributed by atoms with Gasteiger partial charge in [-0.2, -0.15) is 0 Å². The maximum absolute atomic E-state index is 2.30. The van der Waals surface area contributed by atoms with E-state index >= 15 is 0 Å². The number of hydrogen-bond donors (Lipinski definition) is 0. The molecule has 2 heterocycles. The first-order valence-electron chi connectivity index (χ1n) is 6.33. The molecule has 0 radical (unpaired) electrons. The topological polar surface area (TPSA) is 0 Å². The molecule has 0 amide bonds. The molecular formula is C16H16N+. The standard InChI is InChI=1S/C16H16N/c1-2-6-14-10-17(9-13(14)5-1)11-15-7-3-4-8-16(15)12-17/h1-8H,9-12H2/q+1. The fourth-order valence-corrected chi connectivity index (χ4v) is 3.51. The Labute approximate surface area is 102 Å². The third-order valence-corrected chi connectivity index (χ3v) is 4.26. The number of fused-ring (bicyclic) bond motifs is 2. The Morgan fingerprint density at radius 3 is 1.12 bits per heavy atom. The summed E-state index contributed by atoms with van der Waals surface area (Å²) >= 11 is 0. The molecule has 2 aliphatic heterocycles. The van der Waals surface area contributed by atoms with Gasteiger partial charge in [0.2, 0.25) is 0 Å². The molecule has 2 aromatic rings. The Morgan fingerprint density at radius 2 is 0.824 bits per heavy atom. The highest BCUT2D eigenvalue weighted by Crippen LogP contribution is 2.39. The van der Waals surface area contributed by atoms with Crippen LogP contribution >= 0.6 is 0 Å². The second kappa shape index (κ2) is 3.21. The van der Waals surface area contributed by atoms with Crippen LogP contribution in [0.25, 0.3) is 0 Å². The Hall–Kier alpha value is -1.60. The molecule has 0 saturated carbocycles. The minimum absolute atomic E-state index is 1.21. The van der Waals surface area contributed by atoms with E-state index in [-0.39, 0.29) is 0 Å². The van der Waals surface area contributed by atoms with Gasteiger partial charge >= 0.3 is 0 Å². The molecule has 4 rings (SSSR count). The molecule has 0 unspecified atom stereocenters. The van der Waals surface area contributed by atoms with E-state index in [0.717, 1.165) is 0 Å². The summed E-state index contributed by atoms with van der Waals surface area (Å²) in [4.78, 5) is 0. The van der Waals surface area contributed by atoms with E-state index in [0.29, 0.717) is 0 Å². The zero-order valence-corrected chi connectivity index (χ0v) is 9.89. The van der Waals surface area contributed by atoms with Gasteiger partial charge in [-0.15, -0.1) is 0 Å². The lowest BCUT2D eigenvalue weighted by molar-refractivity contribution is -0.966. The highest BCUT2D eigenvalue weighted by atomic mass is 15.4. The van der Waals surface area contributed by atoms with Crippen molar-refractivity contribution in [2.24, 2.45) is 0 Å². The number of quaternary nitrogens is 1. The lowest BCUT2D eigenvalue weighted by Gasteiger charge is -2.28. The third-order valence-electron chi connectivity index (χ3n) is 4.26. The number of nitrogens with zero attached hydrogens (tertiary/aromatic N) is 1. The van der Waals surface area contributed by atoms with Crippen molar-refractivity contribution in [1.29, 1.82) is 0 Å². The minimum atomic E-state index is 1.21. The van der Waals surface area contributed by atoms with Gasteiger partial charge in [-0.25, -0.2) is 0 Å². The molecule has 2 aliphatic rings. The molecule has 17 heavy (non-hydrogen) atoms. The van der Waals surface area contributed by atoms with E-state index in [1.165, 1.54) is 30.7 Å². The summed E-state index contributed by atoms with van der Waals surface area (Å²) in [5.41, 5.74) is 6.22. The summed E-state index contributed by atoms with van der Waals surface area (Å²) < 4.78 is 1.22. The van der Waals surface area contributed by atoms with Crippen LogP contribution in [0.5, 0.6) is 0 Å². The maximum Gasteiger partial charge on any atom is 0.106 e. The van der Waals surface area contributed by atoms with Crippen LogP contribution in [0.3, 0.4) is 0 Å². The van der Waals surface area contributed by atoms with Crippen LogP contribution in [0.4, 0.5) is 0 Å². The zero-order chi connectivity index (χ0) is 11.3. The Morgan fingerprint density at radius 1 is 0.529 bits per heavy atom. The highest BCUT2D eigenvalue weighted by molar-refractivity contribution is 5.32. The fraction of sp³-hybridized carbons (Fsp3) is 0.250. The fourth-order valence-electron chi connectivity index (χ4n) is 3.51. The smallest absolute Gasteiger partial charge is 0.106 e. The van der Waals surface area contributed by atoms with Crippen LogP contribution in [0.2, 0.25) is 0 Å². The van der Waals surface area contributed by atoms with Gasteiger partial charge < -0.3 is 4.48 Å². The summed E-state index contributed by atoms with van der Waals surface area (Å²) in [6.07, 6.45) is 0. The van der Waals surface area contributed by atoms with Crippen molar-refractivity contribution in [1.82, 2.24) is 0 Å². The van der Waals surface area contributed by atoms with Crippen LogP contribution in [0.15, 0.2) is 48.5 Å². The van der Waals surface area contributed by atoms with Crippen LogP contribution in [-0.2, 0) is 26.2 Å². The number of rotatable bonds is 0. The minimum Gasteiger partial charge on any atom is -0.309 e. The zero-order valence-electron chi connectivity index (χ0n) is 9.89. The van der Waals surface area contributed by atoms with Gasteiger partial charge in [-0.3, -0.25) is 0 Å². The quantitative estimate of drug-likeness (QED) is 0.600. The van der Waals surface area contributed by atoms with E-state index < -0.39 is 0 Å². The number of hydrogen-bond acceptors (Lipinski definition) is 0. The lowest BCUT2D eigenvalue weighted by atomic mass is 10.1. The van der Waals surface area contributed by atoms with Crippen molar-refractivity contribution in [3.05, 3.63) is 70.8 Å². The van der Waals surface area contributed by atoms with Crippen molar-refractivity contribution >= 4 is 0 Å². The van der Waals surface area contributed by atoms with Gasteiger partial charge in [-0.05, 0) is 0 Å². The first kappa shape index (κ1) is 9.43. The summed E-state index contributed by atoms with van der Waals surface area (Å²) in [6.45, 7) is 4.85. The van der Waals surface area contributed by atoms with Gasteiger partial charge in [-0.1, -0.05) is 48.5 Å². The van der Waals surface area contributed by atoms with Crippen LogP contribution in [0, 0.1) is 0 Å². The first-order chi connectivity index (χ1) is 8.35. The van der Waals surface area contributed by atoms with Crippen molar-refractivity contribution < 1.29 is 4.48 Å².